The van der Waals surface area contributed by atoms with Crippen LogP contribution in [0.25, 0.3) is 12.2 Å². The molecule has 2 N–H and O–H groups in total. The fourth-order valence-electron chi connectivity index (χ4n) is 4.90. The molecule has 0 bridgehead atoms. The molecule has 1 spiro atoms. The van der Waals surface area contributed by atoms with Gasteiger partial charge in [-0.25, -0.2) is 0 Å². The molecule has 5 rings (SSSR count). The lowest BCUT2D eigenvalue weighted by atomic mass is 9.93. The molecule has 6 heteroatoms. The van der Waals surface area contributed by atoms with E-state index in [1.165, 1.54) is 0 Å². The second-order valence-electron chi connectivity index (χ2n) is 8.59. The van der Waals surface area contributed by atoms with Gasteiger partial charge in [0.05, 0.1) is 18.8 Å². The summed E-state index contributed by atoms with van der Waals surface area (Å²) in [4.78, 5) is 16.0. The first-order valence-corrected chi connectivity index (χ1v) is 11.0. The average molecular weight is 420 g/mol. The standard InChI is InChI=1S/C25H29N3O3/c1-18(24(26)29)28-14-12-27(13-15-28)16-21-17-30-25(31-21)22-8-4-2-6-19(22)10-11-20-7-3-5-9-23(20)25/h2-11,18,21H,12-17H2,1H3,(H2,26,29). The Balaban J connectivity index is 1.34. The first-order valence-electron chi connectivity index (χ1n) is 11.0. The van der Waals surface area contributed by atoms with Crippen molar-refractivity contribution in [1.82, 2.24) is 9.80 Å². The van der Waals surface area contributed by atoms with E-state index in [1.54, 1.807) is 0 Å². The van der Waals surface area contributed by atoms with Gasteiger partial charge in [0.15, 0.2) is 0 Å². The van der Waals surface area contributed by atoms with Gasteiger partial charge in [0.2, 0.25) is 11.7 Å². The van der Waals surface area contributed by atoms with E-state index in [2.05, 4.69) is 46.2 Å². The number of ether oxygens (including phenoxy) is 2. The van der Waals surface area contributed by atoms with Gasteiger partial charge in [-0.15, -0.1) is 0 Å². The smallest absolute Gasteiger partial charge is 0.234 e. The molecule has 0 aromatic heterocycles. The third-order valence-electron chi connectivity index (χ3n) is 6.71. The number of rotatable bonds is 4. The van der Waals surface area contributed by atoms with E-state index < -0.39 is 5.79 Å². The molecule has 2 saturated heterocycles. The third-order valence-corrected chi connectivity index (χ3v) is 6.71. The van der Waals surface area contributed by atoms with E-state index in [9.17, 15) is 4.79 Å². The Bertz CT molecular complexity index is 948. The number of hydrogen-bond acceptors (Lipinski definition) is 5. The zero-order valence-corrected chi connectivity index (χ0v) is 17.9. The number of nitrogens with two attached hydrogens (primary N) is 1. The first kappa shape index (κ1) is 20.4. The van der Waals surface area contributed by atoms with Crippen LogP contribution in [-0.2, 0) is 20.1 Å². The summed E-state index contributed by atoms with van der Waals surface area (Å²) in [6.45, 7) is 6.67. The van der Waals surface area contributed by atoms with Crippen LogP contribution in [0, 0.1) is 0 Å². The molecule has 31 heavy (non-hydrogen) atoms. The molecule has 3 aliphatic rings. The molecule has 2 fully saturated rings. The Labute approximate surface area is 183 Å². The van der Waals surface area contributed by atoms with Crippen molar-refractivity contribution in [2.45, 2.75) is 24.9 Å². The van der Waals surface area contributed by atoms with Gasteiger partial charge in [0, 0.05) is 43.9 Å². The van der Waals surface area contributed by atoms with E-state index in [0.29, 0.717) is 6.61 Å². The number of hydrogen-bond donors (Lipinski definition) is 1. The molecule has 1 amide bonds. The van der Waals surface area contributed by atoms with E-state index in [0.717, 1.165) is 55.0 Å². The van der Waals surface area contributed by atoms with Gasteiger partial charge in [-0.1, -0.05) is 60.7 Å². The Kier molecular flexibility index (Phi) is 5.40. The van der Waals surface area contributed by atoms with Crippen LogP contribution in [0.3, 0.4) is 0 Å². The molecular formula is C25H29N3O3. The molecular weight excluding hydrogens is 390 g/mol. The Hall–Kier alpha value is -2.51. The van der Waals surface area contributed by atoms with Gasteiger partial charge in [-0.2, -0.15) is 0 Å². The van der Waals surface area contributed by atoms with E-state index in [4.69, 9.17) is 15.2 Å². The van der Waals surface area contributed by atoms with Gasteiger partial charge in [0.25, 0.3) is 0 Å². The third kappa shape index (κ3) is 3.70. The minimum atomic E-state index is -0.885. The molecule has 0 saturated carbocycles. The quantitative estimate of drug-likeness (QED) is 0.824. The van der Waals surface area contributed by atoms with Crippen LogP contribution in [0.4, 0.5) is 0 Å². The van der Waals surface area contributed by atoms with Gasteiger partial charge in [-0.05, 0) is 18.1 Å². The van der Waals surface area contributed by atoms with Gasteiger partial charge in [-0.3, -0.25) is 14.6 Å². The molecule has 2 unspecified atom stereocenters. The van der Waals surface area contributed by atoms with Crippen molar-refractivity contribution in [2.24, 2.45) is 5.73 Å². The summed E-state index contributed by atoms with van der Waals surface area (Å²) in [5.41, 5.74) is 9.81. The molecule has 2 atom stereocenters. The summed E-state index contributed by atoms with van der Waals surface area (Å²) >= 11 is 0. The molecule has 2 heterocycles. The maximum Gasteiger partial charge on any atom is 0.234 e. The van der Waals surface area contributed by atoms with Crippen LogP contribution >= 0.6 is 0 Å². The van der Waals surface area contributed by atoms with Gasteiger partial charge < -0.3 is 15.2 Å². The molecule has 2 aliphatic heterocycles. The summed E-state index contributed by atoms with van der Waals surface area (Å²) in [5.74, 6) is -1.15. The van der Waals surface area contributed by atoms with Crippen molar-refractivity contribution in [2.75, 3.05) is 39.3 Å². The summed E-state index contributed by atoms with van der Waals surface area (Å²) < 4.78 is 13.2. The van der Waals surface area contributed by atoms with E-state index >= 15 is 0 Å². The highest BCUT2D eigenvalue weighted by molar-refractivity contribution is 5.79. The lowest BCUT2D eigenvalue weighted by Gasteiger charge is -2.38. The Morgan fingerprint density at radius 3 is 2.19 bits per heavy atom. The molecule has 162 valence electrons. The minimum absolute atomic E-state index is 0.0284. The summed E-state index contributed by atoms with van der Waals surface area (Å²) in [5, 5.41) is 0. The Morgan fingerprint density at radius 1 is 1.03 bits per heavy atom. The van der Waals surface area contributed by atoms with Crippen molar-refractivity contribution in [1.29, 1.82) is 0 Å². The van der Waals surface area contributed by atoms with Crippen molar-refractivity contribution in [3.05, 3.63) is 70.8 Å². The number of carbonyl (C=O) groups excluding carboxylic acids is 1. The van der Waals surface area contributed by atoms with Gasteiger partial charge in [0.1, 0.15) is 0 Å². The molecule has 2 aromatic carbocycles. The highest BCUT2D eigenvalue weighted by Crippen LogP contribution is 2.45. The van der Waals surface area contributed by atoms with E-state index in [1.807, 2.05) is 31.2 Å². The van der Waals surface area contributed by atoms with Gasteiger partial charge >= 0.3 is 0 Å². The number of amides is 1. The lowest BCUT2D eigenvalue weighted by Crippen LogP contribution is -2.54. The topological polar surface area (TPSA) is 68.0 Å². The number of primary amides is 1. The molecule has 1 aliphatic carbocycles. The van der Waals surface area contributed by atoms with E-state index in [-0.39, 0.29) is 18.1 Å². The van der Waals surface area contributed by atoms with Crippen LogP contribution in [0.15, 0.2) is 48.5 Å². The fraction of sp³-hybridized carbons (Fsp3) is 0.400. The van der Waals surface area contributed by atoms with Crippen molar-refractivity contribution >= 4 is 18.1 Å². The number of carbonyl (C=O) groups is 1. The van der Waals surface area contributed by atoms with Crippen LogP contribution in [0.1, 0.15) is 29.2 Å². The first-order chi connectivity index (χ1) is 15.1. The maximum absolute atomic E-state index is 11.5. The second-order valence-corrected chi connectivity index (χ2v) is 8.59. The predicted octanol–water partition coefficient (Wildman–Crippen LogP) is 2.28. The average Bonchev–Trinajstić information content (AvgIpc) is 3.16. The second kappa shape index (κ2) is 8.20. The van der Waals surface area contributed by atoms with Crippen LogP contribution in [0.5, 0.6) is 0 Å². The number of piperazine rings is 1. The SMILES string of the molecule is CC(C(N)=O)N1CCN(CC2COC3(O2)c2ccccc2C=Cc2ccccc23)CC1. The zero-order chi connectivity index (χ0) is 21.4. The highest BCUT2D eigenvalue weighted by atomic mass is 16.7. The summed E-state index contributed by atoms with van der Waals surface area (Å²) in [6.07, 6.45) is 4.25. The maximum atomic E-state index is 11.5. The molecule has 2 aromatic rings. The zero-order valence-electron chi connectivity index (χ0n) is 17.9. The number of nitrogens with zero attached hydrogens (tertiary/aromatic N) is 2. The monoisotopic (exact) mass is 419 g/mol. The lowest BCUT2D eigenvalue weighted by molar-refractivity contribution is -0.145. The summed E-state index contributed by atoms with van der Waals surface area (Å²) in [7, 11) is 0. The normalized spacial score (nSPS) is 23.8. The van der Waals surface area contributed by atoms with Crippen LogP contribution in [-0.4, -0.2) is 67.2 Å². The fourth-order valence-corrected chi connectivity index (χ4v) is 4.90. The summed E-state index contributed by atoms with van der Waals surface area (Å²) in [6, 6.07) is 16.4. The van der Waals surface area contributed by atoms with Crippen LogP contribution in [0.2, 0.25) is 0 Å². The Morgan fingerprint density at radius 2 is 1.61 bits per heavy atom. The minimum Gasteiger partial charge on any atom is -0.368 e. The van der Waals surface area contributed by atoms with Crippen molar-refractivity contribution in [3.63, 3.8) is 0 Å². The number of fused-ring (bicyclic) bond motifs is 4. The van der Waals surface area contributed by atoms with Crippen molar-refractivity contribution < 1.29 is 14.3 Å². The highest BCUT2D eigenvalue weighted by Gasteiger charge is 2.47. The molecule has 6 nitrogen and oxygen atoms in total. The number of benzene rings is 2. The predicted molar refractivity (Wildman–Crippen MR) is 120 cm³/mol. The van der Waals surface area contributed by atoms with Crippen molar-refractivity contribution in [3.8, 4) is 0 Å². The largest absolute Gasteiger partial charge is 0.368 e. The van der Waals surface area contributed by atoms with Crippen LogP contribution < -0.4 is 5.73 Å². The molecule has 0 radical (unpaired) electrons.